The molecule has 0 atom stereocenters. The minimum absolute atomic E-state index is 0.136. The second kappa shape index (κ2) is 8.90. The number of rotatable bonds is 6. The van der Waals surface area contributed by atoms with Crippen molar-refractivity contribution < 1.29 is 9.59 Å². The van der Waals surface area contributed by atoms with E-state index in [0.29, 0.717) is 11.3 Å². The Morgan fingerprint density at radius 1 is 1.04 bits per heavy atom. The molecule has 5 heteroatoms. The third-order valence-electron chi connectivity index (χ3n) is 4.59. The lowest BCUT2D eigenvalue weighted by atomic mass is 10.1. The predicted molar refractivity (Wildman–Crippen MR) is 107 cm³/mol. The number of aryl methyl sites for hydroxylation is 1. The first-order valence-electron chi connectivity index (χ1n) is 9.08. The molecule has 0 bridgehead atoms. The van der Waals surface area contributed by atoms with E-state index >= 15 is 0 Å². The van der Waals surface area contributed by atoms with Gasteiger partial charge in [-0.1, -0.05) is 37.3 Å². The molecule has 0 unspecified atom stereocenters. The van der Waals surface area contributed by atoms with Crippen LogP contribution in [0.5, 0.6) is 0 Å². The number of nitrogens with one attached hydrogen (secondary N) is 1. The van der Waals surface area contributed by atoms with Gasteiger partial charge in [0.15, 0.2) is 0 Å². The van der Waals surface area contributed by atoms with Gasteiger partial charge in [0, 0.05) is 23.7 Å². The van der Waals surface area contributed by atoms with Crippen LogP contribution in [0.2, 0.25) is 0 Å². The topological polar surface area (TPSA) is 49.4 Å². The zero-order chi connectivity index (χ0) is 18.4. The predicted octanol–water partition coefficient (Wildman–Crippen LogP) is 4.22. The first kappa shape index (κ1) is 18.5. The van der Waals surface area contributed by atoms with Crippen LogP contribution in [0, 0.1) is 0 Å². The van der Waals surface area contributed by atoms with Crippen molar-refractivity contribution in [3.8, 4) is 0 Å². The molecule has 1 aliphatic heterocycles. The lowest BCUT2D eigenvalue weighted by molar-refractivity contribution is -0.127. The molecule has 0 spiro atoms. The van der Waals surface area contributed by atoms with Crippen molar-refractivity contribution in [1.82, 2.24) is 4.90 Å². The van der Waals surface area contributed by atoms with Crippen LogP contribution in [0.15, 0.2) is 53.4 Å². The van der Waals surface area contributed by atoms with Crippen molar-refractivity contribution in [2.45, 2.75) is 31.1 Å². The number of likely N-dealkylation sites (tertiary alicyclic amines) is 1. The molecule has 4 nitrogen and oxygen atoms in total. The molecule has 1 saturated heterocycles. The third-order valence-corrected chi connectivity index (χ3v) is 5.65. The van der Waals surface area contributed by atoms with Crippen LogP contribution in [0.1, 0.15) is 35.7 Å². The highest BCUT2D eigenvalue weighted by Crippen LogP contribution is 2.25. The summed E-state index contributed by atoms with van der Waals surface area (Å²) in [5, 5.41) is 3.01. The fraction of sp³-hybridized carbons (Fsp3) is 0.333. The average molecular weight is 369 g/mol. The van der Waals surface area contributed by atoms with Gasteiger partial charge >= 0.3 is 0 Å². The number of carbonyl (C=O) groups is 2. The Kier molecular flexibility index (Phi) is 6.34. The van der Waals surface area contributed by atoms with Gasteiger partial charge in [-0.05, 0) is 43.0 Å². The van der Waals surface area contributed by atoms with E-state index in [1.807, 2.05) is 53.4 Å². The lowest BCUT2D eigenvalue weighted by Gasteiger charge is -2.16. The highest BCUT2D eigenvalue weighted by molar-refractivity contribution is 8.00. The van der Waals surface area contributed by atoms with Crippen molar-refractivity contribution in [3.63, 3.8) is 0 Å². The molecule has 26 heavy (non-hydrogen) atoms. The molecule has 2 aromatic carbocycles. The first-order valence-corrected chi connectivity index (χ1v) is 10.1. The normalized spacial score (nSPS) is 13.7. The standard InChI is InChI=1S/C21H24N2O2S/c1-2-16-9-3-5-11-18(16)22-21(25)17-10-4-6-12-19(17)26-15-20(24)23-13-7-8-14-23/h3-6,9-12H,2,7-8,13-15H2,1H3,(H,22,25). The van der Waals surface area contributed by atoms with Gasteiger partial charge in [-0.25, -0.2) is 0 Å². The molecule has 0 aromatic heterocycles. The molecule has 1 heterocycles. The molecule has 0 radical (unpaired) electrons. The highest BCUT2D eigenvalue weighted by atomic mass is 32.2. The van der Waals surface area contributed by atoms with Crippen molar-refractivity contribution in [1.29, 1.82) is 0 Å². The summed E-state index contributed by atoms with van der Waals surface area (Å²) in [6.07, 6.45) is 3.04. The van der Waals surface area contributed by atoms with Crippen LogP contribution in [-0.4, -0.2) is 35.6 Å². The molecule has 0 saturated carbocycles. The molecule has 136 valence electrons. The number of hydrogen-bond donors (Lipinski definition) is 1. The van der Waals surface area contributed by atoms with Crippen LogP contribution in [-0.2, 0) is 11.2 Å². The molecule has 1 fully saturated rings. The Hall–Kier alpha value is -2.27. The fourth-order valence-electron chi connectivity index (χ4n) is 3.12. The zero-order valence-corrected chi connectivity index (χ0v) is 15.8. The van der Waals surface area contributed by atoms with E-state index in [1.54, 1.807) is 0 Å². The third kappa shape index (κ3) is 4.47. The van der Waals surface area contributed by atoms with Gasteiger partial charge in [0.25, 0.3) is 5.91 Å². The number of para-hydroxylation sites is 1. The Morgan fingerprint density at radius 2 is 1.73 bits per heavy atom. The van der Waals surface area contributed by atoms with E-state index in [-0.39, 0.29) is 11.8 Å². The number of benzene rings is 2. The molecular weight excluding hydrogens is 344 g/mol. The number of nitrogens with zero attached hydrogens (tertiary/aromatic N) is 1. The maximum atomic E-state index is 12.8. The maximum Gasteiger partial charge on any atom is 0.256 e. The summed E-state index contributed by atoms with van der Waals surface area (Å²) in [5.74, 6) is 0.386. The summed E-state index contributed by atoms with van der Waals surface area (Å²) in [7, 11) is 0. The quantitative estimate of drug-likeness (QED) is 0.777. The molecular formula is C21H24N2O2S. The first-order chi connectivity index (χ1) is 12.7. The summed E-state index contributed by atoms with van der Waals surface area (Å²) < 4.78 is 0. The fourth-order valence-corrected chi connectivity index (χ4v) is 4.07. The van der Waals surface area contributed by atoms with Crippen molar-refractivity contribution in [2.24, 2.45) is 0 Å². The Bertz CT molecular complexity index is 785. The Balaban J connectivity index is 1.69. The number of thioether (sulfide) groups is 1. The van der Waals surface area contributed by atoms with Gasteiger partial charge in [-0.3, -0.25) is 9.59 Å². The van der Waals surface area contributed by atoms with Crippen molar-refractivity contribution >= 4 is 29.3 Å². The minimum atomic E-state index is -0.136. The monoisotopic (exact) mass is 368 g/mol. The molecule has 1 aliphatic rings. The van der Waals surface area contributed by atoms with E-state index in [9.17, 15) is 9.59 Å². The number of anilines is 1. The van der Waals surface area contributed by atoms with E-state index in [2.05, 4.69) is 12.2 Å². The Morgan fingerprint density at radius 3 is 2.50 bits per heavy atom. The van der Waals surface area contributed by atoms with E-state index in [0.717, 1.165) is 48.5 Å². The summed E-state index contributed by atoms with van der Waals surface area (Å²) in [4.78, 5) is 27.8. The van der Waals surface area contributed by atoms with Gasteiger partial charge in [-0.2, -0.15) is 0 Å². The largest absolute Gasteiger partial charge is 0.342 e. The highest BCUT2D eigenvalue weighted by Gasteiger charge is 2.19. The Labute approximate surface area is 159 Å². The molecule has 1 N–H and O–H groups in total. The van der Waals surface area contributed by atoms with Crippen LogP contribution >= 0.6 is 11.8 Å². The summed E-state index contributed by atoms with van der Waals surface area (Å²) in [5.41, 5.74) is 2.56. The zero-order valence-electron chi connectivity index (χ0n) is 15.0. The van der Waals surface area contributed by atoms with Gasteiger partial charge in [0.2, 0.25) is 5.91 Å². The van der Waals surface area contributed by atoms with Gasteiger partial charge in [0.05, 0.1) is 11.3 Å². The van der Waals surface area contributed by atoms with Gasteiger partial charge < -0.3 is 10.2 Å². The second-order valence-electron chi connectivity index (χ2n) is 6.34. The van der Waals surface area contributed by atoms with Crippen LogP contribution in [0.4, 0.5) is 5.69 Å². The lowest BCUT2D eigenvalue weighted by Crippen LogP contribution is -2.29. The smallest absolute Gasteiger partial charge is 0.256 e. The SMILES string of the molecule is CCc1ccccc1NC(=O)c1ccccc1SCC(=O)N1CCCC1. The van der Waals surface area contributed by atoms with E-state index < -0.39 is 0 Å². The number of carbonyl (C=O) groups excluding carboxylic acids is 2. The van der Waals surface area contributed by atoms with E-state index in [4.69, 9.17) is 0 Å². The van der Waals surface area contributed by atoms with Gasteiger partial charge in [0.1, 0.15) is 0 Å². The maximum absolute atomic E-state index is 12.8. The minimum Gasteiger partial charge on any atom is -0.342 e. The molecule has 2 amide bonds. The van der Waals surface area contributed by atoms with Crippen LogP contribution in [0.25, 0.3) is 0 Å². The van der Waals surface area contributed by atoms with Gasteiger partial charge in [-0.15, -0.1) is 11.8 Å². The molecule has 3 rings (SSSR count). The van der Waals surface area contributed by atoms with E-state index in [1.165, 1.54) is 11.8 Å². The molecule has 2 aromatic rings. The van der Waals surface area contributed by atoms with Crippen molar-refractivity contribution in [2.75, 3.05) is 24.2 Å². The second-order valence-corrected chi connectivity index (χ2v) is 7.35. The number of amides is 2. The summed E-state index contributed by atoms with van der Waals surface area (Å²) in [6, 6.07) is 15.3. The van der Waals surface area contributed by atoms with Crippen LogP contribution in [0.3, 0.4) is 0 Å². The molecule has 0 aliphatic carbocycles. The van der Waals surface area contributed by atoms with Crippen LogP contribution < -0.4 is 5.32 Å². The number of hydrogen-bond acceptors (Lipinski definition) is 3. The summed E-state index contributed by atoms with van der Waals surface area (Å²) in [6.45, 7) is 3.78. The summed E-state index contributed by atoms with van der Waals surface area (Å²) >= 11 is 1.44. The van der Waals surface area contributed by atoms with Crippen molar-refractivity contribution in [3.05, 3.63) is 59.7 Å². The average Bonchev–Trinajstić information content (AvgIpc) is 3.21.